The zero-order chi connectivity index (χ0) is 23.9. The standard InChI is InChI=1S/C26H35N3O2S2/c1-4-6-7-12-22(13-9-8-11-21(3)33-20-27-5-2)18-28-25(30)24-14-10-16-29(24)26(31)23-15-17-32-19-23/h6-9,13,15,17,19-20,24H,3-5,10-12,14,16,18H2,1-2H3,(H,28,30)/b7-6?,9-8+,22-13+,27-20-. The first kappa shape index (κ1) is 26.9. The van der Waals surface area contributed by atoms with Crippen molar-refractivity contribution < 1.29 is 9.59 Å². The Kier molecular flexibility index (Phi) is 12.6. The summed E-state index contributed by atoms with van der Waals surface area (Å²) in [7, 11) is 0. The van der Waals surface area contributed by atoms with Crippen LogP contribution in [0.25, 0.3) is 0 Å². The number of hydrogen-bond donors (Lipinski definition) is 1. The Morgan fingerprint density at radius 2 is 2.15 bits per heavy atom. The Morgan fingerprint density at radius 1 is 1.30 bits per heavy atom. The van der Waals surface area contributed by atoms with Crippen LogP contribution in [-0.2, 0) is 4.79 Å². The monoisotopic (exact) mass is 485 g/mol. The van der Waals surface area contributed by atoms with Crippen LogP contribution in [0, 0.1) is 0 Å². The zero-order valence-corrected chi connectivity index (χ0v) is 21.3. The maximum atomic E-state index is 12.9. The van der Waals surface area contributed by atoms with Crippen LogP contribution in [0.1, 0.15) is 56.3 Å². The van der Waals surface area contributed by atoms with Crippen LogP contribution in [0.3, 0.4) is 0 Å². The number of carbonyl (C=O) groups excluding carboxylic acids is 2. The second-order valence-corrected chi connectivity index (χ2v) is 9.49. The van der Waals surface area contributed by atoms with Crippen molar-refractivity contribution in [3.8, 4) is 0 Å². The number of thioether (sulfide) groups is 1. The molecule has 1 unspecified atom stereocenters. The van der Waals surface area contributed by atoms with Crippen LogP contribution in [0.4, 0.5) is 0 Å². The normalized spacial score (nSPS) is 17.0. The summed E-state index contributed by atoms with van der Waals surface area (Å²) in [6.45, 7) is 10.0. The summed E-state index contributed by atoms with van der Waals surface area (Å²) in [5.74, 6) is -0.133. The van der Waals surface area contributed by atoms with Crippen molar-refractivity contribution in [2.24, 2.45) is 4.99 Å². The Morgan fingerprint density at radius 3 is 2.88 bits per heavy atom. The Hall–Kier alpha value is -2.38. The van der Waals surface area contributed by atoms with E-state index >= 15 is 0 Å². The van der Waals surface area contributed by atoms with Crippen LogP contribution >= 0.6 is 23.1 Å². The summed E-state index contributed by atoms with van der Waals surface area (Å²) in [5.41, 5.74) is 3.61. The fourth-order valence-electron chi connectivity index (χ4n) is 3.39. The summed E-state index contributed by atoms with van der Waals surface area (Å²) in [6, 6.07) is 1.42. The molecule has 1 aromatic heterocycles. The van der Waals surface area contributed by atoms with Crippen molar-refractivity contribution in [2.45, 2.75) is 52.0 Å². The number of nitrogens with zero attached hydrogens (tertiary/aromatic N) is 2. The number of aliphatic imine (C=N–C) groups is 1. The van der Waals surface area contributed by atoms with E-state index in [0.29, 0.717) is 25.1 Å². The van der Waals surface area contributed by atoms with E-state index in [1.807, 2.05) is 35.4 Å². The van der Waals surface area contributed by atoms with Crippen molar-refractivity contribution in [2.75, 3.05) is 19.6 Å². The molecule has 7 heteroatoms. The first-order valence-electron chi connectivity index (χ1n) is 11.5. The van der Waals surface area contributed by atoms with E-state index in [-0.39, 0.29) is 11.8 Å². The van der Waals surface area contributed by atoms with Crippen molar-refractivity contribution in [1.82, 2.24) is 10.2 Å². The van der Waals surface area contributed by atoms with Crippen molar-refractivity contribution in [1.29, 1.82) is 0 Å². The lowest BCUT2D eigenvalue weighted by Gasteiger charge is -2.23. The summed E-state index contributed by atoms with van der Waals surface area (Å²) in [5, 5.41) is 6.79. The molecule has 33 heavy (non-hydrogen) atoms. The second-order valence-electron chi connectivity index (χ2n) is 7.69. The highest BCUT2D eigenvalue weighted by molar-refractivity contribution is 8.15. The number of thiophene rings is 1. The van der Waals surface area contributed by atoms with E-state index in [1.165, 1.54) is 11.3 Å². The van der Waals surface area contributed by atoms with Crippen LogP contribution < -0.4 is 5.32 Å². The highest BCUT2D eigenvalue weighted by atomic mass is 32.2. The molecule has 0 spiro atoms. The maximum absolute atomic E-state index is 12.9. The minimum atomic E-state index is -0.398. The fraction of sp³-hybridized carbons (Fsp3) is 0.423. The van der Waals surface area contributed by atoms with E-state index in [1.54, 1.807) is 16.7 Å². The first-order valence-corrected chi connectivity index (χ1v) is 13.3. The number of nitrogens with one attached hydrogen (secondary N) is 1. The third-order valence-corrected chi connectivity index (χ3v) is 6.58. The van der Waals surface area contributed by atoms with E-state index in [9.17, 15) is 9.59 Å². The second kappa shape index (κ2) is 15.5. The van der Waals surface area contributed by atoms with E-state index in [2.05, 4.69) is 48.1 Å². The number of amides is 2. The van der Waals surface area contributed by atoms with Crippen LogP contribution in [0.2, 0.25) is 0 Å². The lowest BCUT2D eigenvalue weighted by molar-refractivity contribution is -0.124. The molecule has 0 bridgehead atoms. The molecule has 0 aromatic carbocycles. The summed E-state index contributed by atoms with van der Waals surface area (Å²) >= 11 is 3.04. The molecule has 1 aromatic rings. The van der Waals surface area contributed by atoms with Gasteiger partial charge in [-0.2, -0.15) is 11.3 Å². The van der Waals surface area contributed by atoms with Gasteiger partial charge in [-0.3, -0.25) is 14.6 Å². The maximum Gasteiger partial charge on any atom is 0.255 e. The highest BCUT2D eigenvalue weighted by Crippen LogP contribution is 2.21. The molecule has 0 saturated carbocycles. The quantitative estimate of drug-likeness (QED) is 0.161. The van der Waals surface area contributed by atoms with Crippen LogP contribution in [-0.4, -0.2) is 47.9 Å². The van der Waals surface area contributed by atoms with Gasteiger partial charge >= 0.3 is 0 Å². The molecular formula is C26H35N3O2S2. The van der Waals surface area contributed by atoms with Gasteiger partial charge in [0.15, 0.2) is 0 Å². The van der Waals surface area contributed by atoms with E-state index in [0.717, 1.165) is 42.7 Å². The van der Waals surface area contributed by atoms with E-state index in [4.69, 9.17) is 0 Å². The van der Waals surface area contributed by atoms with Gasteiger partial charge < -0.3 is 10.2 Å². The van der Waals surface area contributed by atoms with Gasteiger partial charge in [0.25, 0.3) is 5.91 Å². The van der Waals surface area contributed by atoms with Crippen LogP contribution in [0.5, 0.6) is 0 Å². The van der Waals surface area contributed by atoms with Gasteiger partial charge in [0, 0.05) is 25.0 Å². The third kappa shape index (κ3) is 9.56. The average molecular weight is 486 g/mol. The van der Waals surface area contributed by atoms with Gasteiger partial charge in [0.05, 0.1) is 11.1 Å². The van der Waals surface area contributed by atoms with Gasteiger partial charge in [-0.15, -0.1) is 0 Å². The number of likely N-dealkylation sites (tertiary alicyclic amines) is 1. The molecule has 1 N–H and O–H groups in total. The fourth-order valence-corrected chi connectivity index (χ4v) is 4.59. The Labute approximate surface area is 206 Å². The van der Waals surface area contributed by atoms with Crippen molar-refractivity contribution >= 4 is 40.5 Å². The summed E-state index contributed by atoms with van der Waals surface area (Å²) in [6.07, 6.45) is 14.5. The zero-order valence-electron chi connectivity index (χ0n) is 19.7. The molecule has 178 valence electrons. The number of rotatable bonds is 13. The van der Waals surface area contributed by atoms with Gasteiger partial charge in [0.2, 0.25) is 5.91 Å². The smallest absolute Gasteiger partial charge is 0.255 e. The minimum absolute atomic E-state index is 0.0550. The average Bonchev–Trinajstić information content (AvgIpc) is 3.52. The van der Waals surface area contributed by atoms with Crippen molar-refractivity contribution in [3.63, 3.8) is 0 Å². The number of allylic oxidation sites excluding steroid dienone is 6. The van der Waals surface area contributed by atoms with Crippen molar-refractivity contribution in [3.05, 3.63) is 69.8 Å². The predicted octanol–water partition coefficient (Wildman–Crippen LogP) is 5.99. The third-order valence-electron chi connectivity index (χ3n) is 5.15. The largest absolute Gasteiger partial charge is 0.351 e. The molecule has 2 heterocycles. The molecule has 5 nitrogen and oxygen atoms in total. The molecule has 0 radical (unpaired) electrons. The summed E-state index contributed by atoms with van der Waals surface area (Å²) in [4.78, 5) is 32.6. The summed E-state index contributed by atoms with van der Waals surface area (Å²) < 4.78 is 0. The molecular weight excluding hydrogens is 450 g/mol. The molecule has 1 fully saturated rings. The van der Waals surface area contributed by atoms with Gasteiger partial charge in [-0.1, -0.05) is 55.6 Å². The SMILES string of the molecule is C=C(C/C=C/C=C(\CC=CCC)CNC(=O)C1CCCN1C(=O)c1ccsc1)S/C=N\CC. The molecule has 2 rings (SSSR count). The molecule has 0 aliphatic carbocycles. The van der Waals surface area contributed by atoms with Gasteiger partial charge in [-0.05, 0) is 61.0 Å². The Bertz CT molecular complexity index is 885. The highest BCUT2D eigenvalue weighted by Gasteiger charge is 2.34. The molecule has 2 amide bonds. The molecule has 1 aliphatic heterocycles. The predicted molar refractivity (Wildman–Crippen MR) is 143 cm³/mol. The number of carbonyl (C=O) groups is 2. The lowest BCUT2D eigenvalue weighted by Crippen LogP contribution is -2.46. The Balaban J connectivity index is 1.93. The molecule has 1 saturated heterocycles. The lowest BCUT2D eigenvalue weighted by atomic mass is 10.1. The minimum Gasteiger partial charge on any atom is -0.351 e. The first-order chi connectivity index (χ1) is 16.1. The van der Waals surface area contributed by atoms with Crippen LogP contribution in [0.15, 0.2) is 69.3 Å². The molecule has 1 atom stereocenters. The van der Waals surface area contributed by atoms with Gasteiger partial charge in [-0.25, -0.2) is 0 Å². The molecule has 1 aliphatic rings. The topological polar surface area (TPSA) is 61.8 Å². The van der Waals surface area contributed by atoms with E-state index < -0.39 is 6.04 Å². The number of hydrogen-bond acceptors (Lipinski definition) is 5. The van der Waals surface area contributed by atoms with Gasteiger partial charge in [0.1, 0.15) is 6.04 Å².